The molecule has 0 fully saturated rings. The molecular formula is C21H18F2N4O4S. The molecule has 2 N–H and O–H groups in total. The molecule has 166 valence electrons. The molecule has 11 heteroatoms. The lowest BCUT2D eigenvalue weighted by Gasteiger charge is -2.12. The lowest BCUT2D eigenvalue weighted by Crippen LogP contribution is -2.14. The maximum absolute atomic E-state index is 13.7. The topological polar surface area (TPSA) is 114 Å². The van der Waals surface area contributed by atoms with Crippen molar-refractivity contribution < 1.29 is 22.1 Å². The summed E-state index contributed by atoms with van der Waals surface area (Å²) in [6.07, 6.45) is 1.02. The van der Waals surface area contributed by atoms with Gasteiger partial charge in [-0.05, 0) is 49.7 Å². The first kappa shape index (κ1) is 22.8. The third-order valence-electron chi connectivity index (χ3n) is 4.45. The highest BCUT2D eigenvalue weighted by Crippen LogP contribution is 2.29. The Bertz CT molecular complexity index is 1330. The number of aryl methyl sites for hydroxylation is 2. The van der Waals surface area contributed by atoms with Crippen LogP contribution in [-0.2, 0) is 10.0 Å². The molecule has 8 nitrogen and oxygen atoms in total. The van der Waals surface area contributed by atoms with Gasteiger partial charge in [0.1, 0.15) is 17.3 Å². The second kappa shape index (κ2) is 9.10. The fourth-order valence-corrected chi connectivity index (χ4v) is 3.98. The van der Waals surface area contributed by atoms with Gasteiger partial charge in [0.05, 0.1) is 21.7 Å². The normalized spacial score (nSPS) is 11.5. The summed E-state index contributed by atoms with van der Waals surface area (Å²) >= 11 is 0. The zero-order valence-electron chi connectivity index (χ0n) is 17.0. The van der Waals surface area contributed by atoms with Crippen molar-refractivity contribution in [3.63, 3.8) is 0 Å². The van der Waals surface area contributed by atoms with Gasteiger partial charge in [-0.1, -0.05) is 17.7 Å². The number of anilines is 2. The standard InChI is InChI=1S/C21H18F2N4O4S/c1-13-3-7-19(14(2)9-13)26-32(30,31)17-6-8-20(21(11-17)27(28)29)25-24-12-15-4-5-16(22)10-18(15)23/h3-12,25-26H,1-2H3/b24-12-. The van der Waals surface area contributed by atoms with Crippen LogP contribution >= 0.6 is 0 Å². The lowest BCUT2D eigenvalue weighted by atomic mass is 10.1. The molecule has 3 aromatic carbocycles. The minimum absolute atomic E-state index is 0.0431. The molecule has 0 amide bonds. The predicted molar refractivity (Wildman–Crippen MR) is 117 cm³/mol. The van der Waals surface area contributed by atoms with Crippen LogP contribution in [0.1, 0.15) is 16.7 Å². The third kappa shape index (κ3) is 5.24. The monoisotopic (exact) mass is 460 g/mol. The molecular weight excluding hydrogens is 442 g/mol. The number of halogens is 2. The van der Waals surface area contributed by atoms with Crippen LogP contribution in [0.4, 0.5) is 25.8 Å². The largest absolute Gasteiger partial charge is 0.295 e. The van der Waals surface area contributed by atoms with Crippen molar-refractivity contribution in [3.8, 4) is 0 Å². The molecule has 0 aliphatic heterocycles. The van der Waals surface area contributed by atoms with Crippen molar-refractivity contribution in [2.45, 2.75) is 18.7 Å². The van der Waals surface area contributed by atoms with Gasteiger partial charge in [0.15, 0.2) is 0 Å². The molecule has 0 saturated carbocycles. The number of hydrazone groups is 1. The van der Waals surface area contributed by atoms with Crippen LogP contribution in [0.2, 0.25) is 0 Å². The SMILES string of the molecule is Cc1ccc(NS(=O)(=O)c2ccc(N/N=C\c3ccc(F)cc3F)c([N+](=O)[O-])c2)c(C)c1. The second-order valence-corrected chi connectivity index (χ2v) is 8.58. The van der Waals surface area contributed by atoms with E-state index in [0.717, 1.165) is 30.0 Å². The first-order chi connectivity index (χ1) is 15.1. The lowest BCUT2D eigenvalue weighted by molar-refractivity contribution is -0.384. The van der Waals surface area contributed by atoms with Crippen LogP contribution in [0.5, 0.6) is 0 Å². The minimum Gasteiger partial charge on any atom is -0.279 e. The Balaban J connectivity index is 1.86. The van der Waals surface area contributed by atoms with E-state index in [9.17, 15) is 27.3 Å². The Labute approximate surface area is 182 Å². The van der Waals surface area contributed by atoms with E-state index in [1.165, 1.54) is 12.1 Å². The number of sulfonamides is 1. The molecule has 3 aromatic rings. The maximum Gasteiger partial charge on any atom is 0.295 e. The summed E-state index contributed by atoms with van der Waals surface area (Å²) in [4.78, 5) is 10.4. The van der Waals surface area contributed by atoms with E-state index in [1.54, 1.807) is 25.1 Å². The van der Waals surface area contributed by atoms with Crippen molar-refractivity contribution in [2.24, 2.45) is 5.10 Å². The quantitative estimate of drug-likeness (QED) is 0.300. The predicted octanol–water partition coefficient (Wildman–Crippen LogP) is 4.74. The molecule has 3 rings (SSSR count). The first-order valence-corrected chi connectivity index (χ1v) is 10.7. The van der Waals surface area contributed by atoms with E-state index in [2.05, 4.69) is 15.2 Å². The van der Waals surface area contributed by atoms with E-state index in [0.29, 0.717) is 17.3 Å². The maximum atomic E-state index is 13.7. The summed E-state index contributed by atoms with van der Waals surface area (Å²) in [5.74, 6) is -1.61. The molecule has 0 spiro atoms. The molecule has 0 heterocycles. The average molecular weight is 460 g/mol. The van der Waals surface area contributed by atoms with Crippen LogP contribution < -0.4 is 10.1 Å². The molecule has 32 heavy (non-hydrogen) atoms. The van der Waals surface area contributed by atoms with E-state index in [-0.39, 0.29) is 16.1 Å². The zero-order chi connectivity index (χ0) is 23.5. The Morgan fingerprint density at radius 3 is 2.38 bits per heavy atom. The number of benzene rings is 3. The van der Waals surface area contributed by atoms with E-state index < -0.39 is 32.3 Å². The zero-order valence-corrected chi connectivity index (χ0v) is 17.8. The van der Waals surface area contributed by atoms with Crippen molar-refractivity contribution in [3.05, 3.63) is 93.0 Å². The van der Waals surface area contributed by atoms with Gasteiger partial charge >= 0.3 is 0 Å². The number of hydrogen-bond donors (Lipinski definition) is 2. The smallest absolute Gasteiger partial charge is 0.279 e. The summed E-state index contributed by atoms with van der Waals surface area (Å²) in [5.41, 5.74) is 3.68. The molecule has 0 aliphatic carbocycles. The highest BCUT2D eigenvalue weighted by Gasteiger charge is 2.22. The van der Waals surface area contributed by atoms with Crippen LogP contribution in [0.3, 0.4) is 0 Å². The van der Waals surface area contributed by atoms with E-state index >= 15 is 0 Å². The minimum atomic E-state index is -4.10. The van der Waals surface area contributed by atoms with Gasteiger partial charge in [-0.2, -0.15) is 5.10 Å². The number of nitrogens with zero attached hydrogens (tertiary/aromatic N) is 2. The summed E-state index contributed by atoms with van der Waals surface area (Å²) < 4.78 is 54.5. The summed E-state index contributed by atoms with van der Waals surface area (Å²) in [6, 6.07) is 11.2. The first-order valence-electron chi connectivity index (χ1n) is 9.19. The summed E-state index contributed by atoms with van der Waals surface area (Å²) in [6.45, 7) is 3.61. The number of nitro benzene ring substituents is 1. The third-order valence-corrected chi connectivity index (χ3v) is 5.82. The van der Waals surface area contributed by atoms with Crippen molar-refractivity contribution in [1.29, 1.82) is 0 Å². The number of nitro groups is 1. The van der Waals surface area contributed by atoms with Gasteiger partial charge < -0.3 is 0 Å². The fraction of sp³-hybridized carbons (Fsp3) is 0.0952. The van der Waals surface area contributed by atoms with E-state index in [1.807, 2.05) is 6.92 Å². The van der Waals surface area contributed by atoms with Gasteiger partial charge in [0, 0.05) is 17.7 Å². The second-order valence-electron chi connectivity index (χ2n) is 6.90. The Kier molecular flexibility index (Phi) is 6.49. The van der Waals surface area contributed by atoms with Crippen LogP contribution in [0, 0.1) is 35.6 Å². The summed E-state index contributed by atoms with van der Waals surface area (Å²) in [5, 5.41) is 15.2. The number of rotatable bonds is 7. The van der Waals surface area contributed by atoms with Gasteiger partial charge in [-0.25, -0.2) is 17.2 Å². The highest BCUT2D eigenvalue weighted by molar-refractivity contribution is 7.92. The Morgan fingerprint density at radius 1 is 1.00 bits per heavy atom. The van der Waals surface area contributed by atoms with Gasteiger partial charge in [0.2, 0.25) is 0 Å². The molecule has 0 saturated heterocycles. The summed E-state index contributed by atoms with van der Waals surface area (Å²) in [7, 11) is -4.10. The molecule has 0 bridgehead atoms. The molecule has 0 unspecified atom stereocenters. The van der Waals surface area contributed by atoms with Crippen molar-refractivity contribution in [2.75, 3.05) is 10.1 Å². The average Bonchev–Trinajstić information content (AvgIpc) is 2.71. The number of nitrogens with one attached hydrogen (secondary N) is 2. The molecule has 0 atom stereocenters. The van der Waals surface area contributed by atoms with Crippen molar-refractivity contribution >= 4 is 33.3 Å². The molecule has 0 radical (unpaired) electrons. The Hall–Kier alpha value is -3.86. The van der Waals surface area contributed by atoms with Crippen LogP contribution in [-0.4, -0.2) is 19.6 Å². The van der Waals surface area contributed by atoms with Gasteiger partial charge in [-0.3, -0.25) is 20.3 Å². The van der Waals surface area contributed by atoms with Crippen LogP contribution in [0.25, 0.3) is 0 Å². The van der Waals surface area contributed by atoms with Crippen LogP contribution in [0.15, 0.2) is 64.6 Å². The van der Waals surface area contributed by atoms with E-state index in [4.69, 9.17) is 0 Å². The molecule has 0 aromatic heterocycles. The number of hydrogen-bond acceptors (Lipinski definition) is 6. The Morgan fingerprint density at radius 2 is 1.72 bits per heavy atom. The van der Waals surface area contributed by atoms with Crippen molar-refractivity contribution in [1.82, 2.24) is 0 Å². The van der Waals surface area contributed by atoms with Gasteiger partial charge in [0.25, 0.3) is 15.7 Å². The van der Waals surface area contributed by atoms with Gasteiger partial charge in [-0.15, -0.1) is 0 Å². The fourth-order valence-electron chi connectivity index (χ4n) is 2.83. The highest BCUT2D eigenvalue weighted by atomic mass is 32.2. The molecule has 0 aliphatic rings.